The standard InChI is InChI=1S/C26H38N6O4Si/c1-17(30-26(34)35)18-5-7-19(8-6-18)25(33)31-21-9-10-29-24-20(21)15-22(23-27-11-12-28-23)32(24)16-36-13-14-37(2,3)4/h9-12,15,17-19,30H,5-8,13-14,16H2,1-4H3,(H,27,28)(H,34,35)(H,29,31,33). The number of hydrogen-bond donors (Lipinski definition) is 4. The fourth-order valence-corrected chi connectivity index (χ4v) is 5.71. The first-order chi connectivity index (χ1) is 17.6. The average Bonchev–Trinajstić information content (AvgIpc) is 3.49. The molecule has 1 atom stereocenters. The molecular weight excluding hydrogens is 488 g/mol. The van der Waals surface area contributed by atoms with Crippen molar-refractivity contribution in [2.24, 2.45) is 11.8 Å². The van der Waals surface area contributed by atoms with Crippen molar-refractivity contribution in [2.45, 2.75) is 71.1 Å². The van der Waals surface area contributed by atoms with Gasteiger partial charge in [0.1, 0.15) is 12.4 Å². The predicted octanol–water partition coefficient (Wildman–Crippen LogP) is 5.14. The van der Waals surface area contributed by atoms with E-state index in [0.29, 0.717) is 24.8 Å². The molecule has 3 aromatic heterocycles. The van der Waals surface area contributed by atoms with Gasteiger partial charge in [-0.25, -0.2) is 14.8 Å². The van der Waals surface area contributed by atoms with Crippen LogP contribution in [0.25, 0.3) is 22.6 Å². The van der Waals surface area contributed by atoms with Crippen LogP contribution in [0, 0.1) is 11.8 Å². The maximum Gasteiger partial charge on any atom is 0.404 e. The number of ether oxygens (including phenoxy) is 1. The molecule has 4 N–H and O–H groups in total. The summed E-state index contributed by atoms with van der Waals surface area (Å²) in [5, 5.41) is 15.5. The molecule has 11 heteroatoms. The number of amides is 2. The molecule has 0 aromatic carbocycles. The number of nitrogens with zero attached hydrogens (tertiary/aromatic N) is 3. The summed E-state index contributed by atoms with van der Waals surface area (Å²) < 4.78 is 8.05. The minimum absolute atomic E-state index is 0.0107. The van der Waals surface area contributed by atoms with Gasteiger partial charge in [0.15, 0.2) is 5.82 Å². The van der Waals surface area contributed by atoms with Crippen LogP contribution in [0.15, 0.2) is 30.7 Å². The van der Waals surface area contributed by atoms with Gasteiger partial charge in [0.25, 0.3) is 0 Å². The number of carbonyl (C=O) groups excluding carboxylic acids is 1. The molecule has 0 radical (unpaired) electrons. The molecule has 4 rings (SSSR count). The number of nitrogens with one attached hydrogen (secondary N) is 3. The van der Waals surface area contributed by atoms with Gasteiger partial charge in [-0.05, 0) is 56.7 Å². The van der Waals surface area contributed by atoms with E-state index in [-0.39, 0.29) is 23.8 Å². The van der Waals surface area contributed by atoms with Crippen molar-refractivity contribution < 1.29 is 19.4 Å². The number of H-pyrrole nitrogens is 1. The van der Waals surface area contributed by atoms with Crippen LogP contribution in [0.1, 0.15) is 32.6 Å². The third kappa shape index (κ3) is 6.78. The molecule has 1 aliphatic carbocycles. The molecule has 1 fully saturated rings. The summed E-state index contributed by atoms with van der Waals surface area (Å²) in [4.78, 5) is 36.4. The van der Waals surface area contributed by atoms with Gasteiger partial charge in [-0.1, -0.05) is 19.6 Å². The average molecular weight is 527 g/mol. The van der Waals surface area contributed by atoms with E-state index < -0.39 is 14.2 Å². The first-order valence-corrected chi connectivity index (χ1v) is 16.7. The van der Waals surface area contributed by atoms with Gasteiger partial charge < -0.3 is 25.5 Å². The Morgan fingerprint density at radius 3 is 2.62 bits per heavy atom. The van der Waals surface area contributed by atoms with Crippen LogP contribution in [0.3, 0.4) is 0 Å². The highest BCUT2D eigenvalue weighted by atomic mass is 28.3. The van der Waals surface area contributed by atoms with Crippen molar-refractivity contribution in [3.05, 3.63) is 30.7 Å². The zero-order valence-corrected chi connectivity index (χ0v) is 23.1. The van der Waals surface area contributed by atoms with Crippen molar-refractivity contribution in [3.8, 4) is 11.5 Å². The lowest BCUT2D eigenvalue weighted by atomic mass is 9.78. The summed E-state index contributed by atoms with van der Waals surface area (Å²) in [5.74, 6) is 0.849. The van der Waals surface area contributed by atoms with E-state index in [0.717, 1.165) is 48.5 Å². The zero-order chi connectivity index (χ0) is 26.6. The molecule has 0 spiro atoms. The normalized spacial score (nSPS) is 19.0. The minimum atomic E-state index is -1.21. The summed E-state index contributed by atoms with van der Waals surface area (Å²) in [5.41, 5.74) is 2.30. The lowest BCUT2D eigenvalue weighted by Gasteiger charge is -2.31. The molecule has 10 nitrogen and oxygen atoms in total. The number of carbonyl (C=O) groups is 2. The first-order valence-electron chi connectivity index (χ1n) is 13.0. The molecule has 0 bridgehead atoms. The second-order valence-electron chi connectivity index (χ2n) is 11.2. The van der Waals surface area contributed by atoms with E-state index in [2.05, 4.69) is 45.2 Å². The number of carboxylic acid groups (broad SMARTS) is 1. The molecule has 1 saturated carbocycles. The topological polar surface area (TPSA) is 134 Å². The highest BCUT2D eigenvalue weighted by Crippen LogP contribution is 2.34. The summed E-state index contributed by atoms with van der Waals surface area (Å²) in [6.45, 7) is 9.90. The van der Waals surface area contributed by atoms with Crippen LogP contribution in [0.5, 0.6) is 0 Å². The lowest BCUT2D eigenvalue weighted by molar-refractivity contribution is -0.121. The molecule has 2 amide bonds. The number of fused-ring (bicyclic) bond motifs is 1. The molecule has 200 valence electrons. The van der Waals surface area contributed by atoms with Crippen LogP contribution >= 0.6 is 0 Å². The van der Waals surface area contributed by atoms with Gasteiger partial charge in [0, 0.05) is 50.6 Å². The maximum atomic E-state index is 13.2. The Bertz CT molecular complexity index is 1210. The van der Waals surface area contributed by atoms with Gasteiger partial charge in [-0.15, -0.1) is 0 Å². The Kier molecular flexibility index (Phi) is 8.33. The molecule has 37 heavy (non-hydrogen) atoms. The molecule has 1 aliphatic rings. The highest BCUT2D eigenvalue weighted by Gasteiger charge is 2.30. The summed E-state index contributed by atoms with van der Waals surface area (Å²) in [6, 6.07) is 4.78. The summed E-state index contributed by atoms with van der Waals surface area (Å²) in [6.07, 6.45) is 7.30. The maximum absolute atomic E-state index is 13.2. The Morgan fingerprint density at radius 2 is 1.97 bits per heavy atom. The Morgan fingerprint density at radius 1 is 1.22 bits per heavy atom. The molecule has 3 aromatic rings. The largest absolute Gasteiger partial charge is 0.465 e. The van der Waals surface area contributed by atoms with E-state index in [1.165, 1.54) is 0 Å². The smallest absolute Gasteiger partial charge is 0.404 e. The molecule has 1 unspecified atom stereocenters. The van der Waals surface area contributed by atoms with Crippen molar-refractivity contribution in [3.63, 3.8) is 0 Å². The van der Waals surface area contributed by atoms with Gasteiger partial charge >= 0.3 is 6.09 Å². The predicted molar refractivity (Wildman–Crippen MR) is 146 cm³/mol. The van der Waals surface area contributed by atoms with Crippen LogP contribution in [-0.2, 0) is 16.3 Å². The van der Waals surface area contributed by atoms with E-state index in [1.54, 1.807) is 18.6 Å². The number of pyridine rings is 1. The van der Waals surface area contributed by atoms with Crippen molar-refractivity contribution >= 4 is 36.8 Å². The van der Waals surface area contributed by atoms with Gasteiger partial charge in [0.05, 0.1) is 11.4 Å². The number of rotatable bonds is 10. The third-order valence-corrected chi connectivity index (χ3v) is 8.92. The third-order valence-electron chi connectivity index (χ3n) is 7.21. The quantitative estimate of drug-likeness (QED) is 0.213. The Labute approximate surface area is 218 Å². The van der Waals surface area contributed by atoms with Crippen LogP contribution in [0.2, 0.25) is 25.7 Å². The van der Waals surface area contributed by atoms with Crippen LogP contribution in [-0.4, -0.2) is 57.3 Å². The fourth-order valence-electron chi connectivity index (χ4n) is 4.95. The number of anilines is 1. The zero-order valence-electron chi connectivity index (χ0n) is 22.1. The van der Waals surface area contributed by atoms with Crippen molar-refractivity contribution in [1.82, 2.24) is 24.8 Å². The number of aromatic nitrogens is 4. The van der Waals surface area contributed by atoms with E-state index in [1.807, 2.05) is 23.6 Å². The summed E-state index contributed by atoms with van der Waals surface area (Å²) >= 11 is 0. The highest BCUT2D eigenvalue weighted by molar-refractivity contribution is 6.76. The fraction of sp³-hybridized carbons (Fsp3) is 0.538. The second kappa shape index (κ2) is 11.5. The number of aromatic amines is 1. The molecule has 3 heterocycles. The van der Waals surface area contributed by atoms with Crippen molar-refractivity contribution in [1.29, 1.82) is 0 Å². The van der Waals surface area contributed by atoms with Crippen LogP contribution in [0.4, 0.5) is 10.5 Å². The molecular formula is C26H38N6O4Si. The van der Waals surface area contributed by atoms with Crippen LogP contribution < -0.4 is 10.6 Å². The number of imidazole rings is 1. The minimum Gasteiger partial charge on any atom is -0.465 e. The lowest BCUT2D eigenvalue weighted by Crippen LogP contribution is -2.39. The van der Waals surface area contributed by atoms with Gasteiger partial charge in [0.2, 0.25) is 5.91 Å². The molecule has 0 saturated heterocycles. The first kappa shape index (κ1) is 26.9. The van der Waals surface area contributed by atoms with E-state index in [4.69, 9.17) is 9.84 Å². The summed E-state index contributed by atoms with van der Waals surface area (Å²) in [7, 11) is -1.21. The SMILES string of the molecule is CC(NC(=O)O)C1CCC(C(=O)Nc2ccnc3c2cc(-c2ncc[nH]2)n3COCC[Si](C)(C)C)CC1. The van der Waals surface area contributed by atoms with E-state index in [9.17, 15) is 9.59 Å². The van der Waals surface area contributed by atoms with Gasteiger partial charge in [-0.2, -0.15) is 0 Å². The molecule has 0 aliphatic heterocycles. The van der Waals surface area contributed by atoms with E-state index >= 15 is 0 Å². The van der Waals surface area contributed by atoms with Crippen molar-refractivity contribution in [2.75, 3.05) is 11.9 Å². The second-order valence-corrected chi connectivity index (χ2v) is 16.8. The Balaban J connectivity index is 1.49. The Hall–Kier alpha value is -3.18. The van der Waals surface area contributed by atoms with Gasteiger partial charge in [-0.3, -0.25) is 9.36 Å². The monoisotopic (exact) mass is 526 g/mol. The number of hydrogen-bond acceptors (Lipinski definition) is 5.